The normalized spacial score (nSPS) is 14.6. The van der Waals surface area contributed by atoms with Crippen LogP contribution in [-0.4, -0.2) is 47.7 Å². The molecule has 0 radical (unpaired) electrons. The number of aryl methyl sites for hydroxylation is 1. The van der Waals surface area contributed by atoms with Gasteiger partial charge in [-0.3, -0.25) is 9.59 Å². The summed E-state index contributed by atoms with van der Waals surface area (Å²) >= 11 is 6.79. The van der Waals surface area contributed by atoms with Gasteiger partial charge < -0.3 is 25.3 Å². The van der Waals surface area contributed by atoms with E-state index in [4.69, 9.17) is 31.5 Å². The molecule has 0 aliphatic heterocycles. The van der Waals surface area contributed by atoms with Crippen molar-refractivity contribution >= 4 is 29.4 Å². The Bertz CT molecular complexity index is 1430. The molecule has 0 aliphatic rings. The van der Waals surface area contributed by atoms with Crippen molar-refractivity contribution in [2.45, 2.75) is 83.8 Å². The van der Waals surface area contributed by atoms with Gasteiger partial charge in [0.1, 0.15) is 17.7 Å². The van der Waals surface area contributed by atoms with Crippen LogP contribution >= 0.6 is 11.6 Å². The molecule has 3 aromatic rings. The first-order valence-corrected chi connectivity index (χ1v) is 14.9. The zero-order valence-corrected chi connectivity index (χ0v) is 27.2. The van der Waals surface area contributed by atoms with Gasteiger partial charge in [0.2, 0.25) is 5.91 Å². The van der Waals surface area contributed by atoms with Crippen LogP contribution in [0, 0.1) is 6.92 Å². The van der Waals surface area contributed by atoms with E-state index in [1.54, 1.807) is 45.0 Å². The lowest BCUT2D eigenvalue weighted by molar-refractivity contribution is -0.164. The van der Waals surface area contributed by atoms with Crippen molar-refractivity contribution in [1.82, 2.24) is 5.32 Å². The number of rotatable bonds is 11. The molecular formula is C35H43ClN2O6. The van der Waals surface area contributed by atoms with Crippen molar-refractivity contribution in [2.75, 3.05) is 6.61 Å². The van der Waals surface area contributed by atoms with Crippen molar-refractivity contribution in [3.63, 3.8) is 0 Å². The predicted molar refractivity (Wildman–Crippen MR) is 171 cm³/mol. The quantitative estimate of drug-likeness (QED) is 0.204. The highest BCUT2D eigenvalue weighted by Gasteiger charge is 2.44. The first kappa shape index (κ1) is 34.8. The van der Waals surface area contributed by atoms with E-state index in [0.717, 1.165) is 5.56 Å². The Labute approximate surface area is 265 Å². The fourth-order valence-corrected chi connectivity index (χ4v) is 4.79. The minimum Gasteiger partial charge on any atom is -0.460 e. The fourth-order valence-electron chi connectivity index (χ4n) is 4.52. The summed E-state index contributed by atoms with van der Waals surface area (Å²) in [6.45, 7) is 12.5. The van der Waals surface area contributed by atoms with Crippen molar-refractivity contribution in [1.29, 1.82) is 0 Å². The smallest absolute Gasteiger partial charge is 0.330 e. The Morgan fingerprint density at radius 2 is 1.36 bits per heavy atom. The topological polar surface area (TPSA) is 117 Å². The van der Waals surface area contributed by atoms with Crippen LogP contribution in [0.2, 0.25) is 5.02 Å². The maximum Gasteiger partial charge on any atom is 0.330 e. The minimum absolute atomic E-state index is 0.0967. The SMILES string of the molecule is Cc1ccc(C(OC(=O)[C@H](CC(=O)OC(C)(C)C)NC(=O)[C@@H](N)COC(C)(C)C)(c2ccccc2)c2ccccc2Cl)cc1. The van der Waals surface area contributed by atoms with Crippen LogP contribution in [0.1, 0.15) is 70.2 Å². The van der Waals surface area contributed by atoms with Gasteiger partial charge in [-0.2, -0.15) is 0 Å². The standard InChI is InChI=1S/C35H43ClN2O6/c1-23-17-19-25(20-18-23)35(24-13-9-8-10-14-24,26-15-11-12-16-27(26)36)44-32(41)29(21-30(39)43-34(5,6)7)38-31(40)28(37)22-42-33(2,3)4/h8-20,28-29H,21-22,37H2,1-7H3,(H,38,40)/t28-,29-,35?/m0/s1. The Balaban J connectivity index is 2.12. The molecule has 236 valence electrons. The summed E-state index contributed by atoms with van der Waals surface area (Å²) < 4.78 is 17.7. The lowest BCUT2D eigenvalue weighted by Gasteiger charge is -2.37. The molecule has 8 nitrogen and oxygen atoms in total. The Morgan fingerprint density at radius 1 is 0.795 bits per heavy atom. The molecule has 3 N–H and O–H groups in total. The number of amides is 1. The van der Waals surface area contributed by atoms with Gasteiger partial charge in [-0.25, -0.2) is 4.79 Å². The number of carbonyl (C=O) groups excluding carboxylic acids is 3. The zero-order valence-electron chi connectivity index (χ0n) is 26.5. The monoisotopic (exact) mass is 622 g/mol. The van der Waals surface area contributed by atoms with E-state index in [1.165, 1.54) is 0 Å². The van der Waals surface area contributed by atoms with E-state index in [0.29, 0.717) is 21.7 Å². The first-order chi connectivity index (χ1) is 20.5. The van der Waals surface area contributed by atoms with Gasteiger partial charge >= 0.3 is 11.9 Å². The molecule has 3 rings (SSSR count). The number of carbonyl (C=O) groups is 3. The molecule has 0 aliphatic carbocycles. The summed E-state index contributed by atoms with van der Waals surface area (Å²) in [5.74, 6) is -2.26. The van der Waals surface area contributed by atoms with Gasteiger partial charge in [-0.15, -0.1) is 0 Å². The van der Waals surface area contributed by atoms with E-state index in [-0.39, 0.29) is 6.61 Å². The molecule has 0 bridgehead atoms. The molecule has 9 heteroatoms. The third kappa shape index (κ3) is 9.39. The summed E-state index contributed by atoms with van der Waals surface area (Å²) in [6, 6.07) is 21.2. The van der Waals surface area contributed by atoms with E-state index in [2.05, 4.69) is 5.32 Å². The van der Waals surface area contributed by atoms with Gasteiger partial charge in [-0.05, 0) is 54.5 Å². The summed E-state index contributed by atoms with van der Waals surface area (Å²) in [5, 5.41) is 2.98. The van der Waals surface area contributed by atoms with Gasteiger partial charge in [-0.1, -0.05) is 90.0 Å². The molecule has 1 amide bonds. The Hall–Kier alpha value is -3.72. The lowest BCUT2D eigenvalue weighted by atomic mass is 9.79. The van der Waals surface area contributed by atoms with E-state index in [9.17, 15) is 14.4 Å². The minimum atomic E-state index is -1.54. The molecule has 3 atom stereocenters. The Morgan fingerprint density at radius 3 is 1.93 bits per heavy atom. The van der Waals surface area contributed by atoms with E-state index < -0.39 is 53.2 Å². The van der Waals surface area contributed by atoms with Gasteiger partial charge in [0.25, 0.3) is 0 Å². The average molecular weight is 623 g/mol. The highest BCUT2D eigenvalue weighted by Crippen LogP contribution is 2.44. The van der Waals surface area contributed by atoms with Gasteiger partial charge in [0.05, 0.1) is 18.6 Å². The molecule has 0 aromatic heterocycles. The number of hydrogen-bond acceptors (Lipinski definition) is 7. The highest BCUT2D eigenvalue weighted by molar-refractivity contribution is 6.31. The molecule has 1 unspecified atom stereocenters. The molecule has 0 saturated heterocycles. The van der Waals surface area contributed by atoms with Crippen molar-refractivity contribution in [2.24, 2.45) is 5.73 Å². The average Bonchev–Trinajstić information content (AvgIpc) is 2.94. The predicted octanol–water partition coefficient (Wildman–Crippen LogP) is 5.84. The first-order valence-electron chi connectivity index (χ1n) is 14.5. The number of nitrogens with two attached hydrogens (primary N) is 1. The summed E-state index contributed by atoms with van der Waals surface area (Å²) in [5.41, 5.74) is 5.96. The Kier molecular flexibility index (Phi) is 11.4. The molecule has 0 fully saturated rings. The number of benzene rings is 3. The van der Waals surface area contributed by atoms with Crippen LogP contribution in [0.3, 0.4) is 0 Å². The van der Waals surface area contributed by atoms with Crippen LogP contribution in [0.4, 0.5) is 0 Å². The molecule has 0 spiro atoms. The van der Waals surface area contributed by atoms with Crippen molar-refractivity contribution < 1.29 is 28.6 Å². The van der Waals surface area contributed by atoms with Gasteiger partial charge in [0.15, 0.2) is 5.60 Å². The second-order valence-corrected chi connectivity index (χ2v) is 13.1. The highest BCUT2D eigenvalue weighted by atomic mass is 35.5. The van der Waals surface area contributed by atoms with E-state index >= 15 is 0 Å². The maximum absolute atomic E-state index is 14.3. The molecule has 44 heavy (non-hydrogen) atoms. The molecule has 3 aromatic carbocycles. The summed E-state index contributed by atoms with van der Waals surface area (Å²) in [6.07, 6.45) is -0.490. The van der Waals surface area contributed by atoms with E-state index in [1.807, 2.05) is 82.3 Å². The fraction of sp³-hybridized carbons (Fsp3) is 0.400. The number of nitrogens with one attached hydrogen (secondary N) is 1. The lowest BCUT2D eigenvalue weighted by Crippen LogP contribution is -2.53. The van der Waals surface area contributed by atoms with Crippen molar-refractivity contribution in [3.05, 3.63) is 106 Å². The molecule has 0 saturated carbocycles. The number of hydrogen-bond donors (Lipinski definition) is 2. The van der Waals surface area contributed by atoms with Crippen LogP contribution in [0.25, 0.3) is 0 Å². The maximum atomic E-state index is 14.3. The number of esters is 2. The second-order valence-electron chi connectivity index (χ2n) is 12.7. The van der Waals surface area contributed by atoms with Crippen molar-refractivity contribution in [3.8, 4) is 0 Å². The largest absolute Gasteiger partial charge is 0.460 e. The van der Waals surface area contributed by atoms with Crippen LogP contribution < -0.4 is 11.1 Å². The zero-order chi connectivity index (χ0) is 32.7. The molecular weight excluding hydrogens is 580 g/mol. The third-order valence-electron chi connectivity index (χ3n) is 6.57. The summed E-state index contributed by atoms with van der Waals surface area (Å²) in [7, 11) is 0. The molecule has 0 heterocycles. The van der Waals surface area contributed by atoms with Crippen LogP contribution in [0.5, 0.6) is 0 Å². The second kappa shape index (κ2) is 14.4. The van der Waals surface area contributed by atoms with Crippen LogP contribution in [-0.2, 0) is 34.2 Å². The summed E-state index contributed by atoms with van der Waals surface area (Å²) in [4.78, 5) is 40.5. The number of ether oxygens (including phenoxy) is 3. The third-order valence-corrected chi connectivity index (χ3v) is 6.90. The van der Waals surface area contributed by atoms with Crippen LogP contribution in [0.15, 0.2) is 78.9 Å². The van der Waals surface area contributed by atoms with Gasteiger partial charge in [0, 0.05) is 21.7 Å². The number of halogens is 1.